The zero-order valence-corrected chi connectivity index (χ0v) is 12.8. The van der Waals surface area contributed by atoms with E-state index in [-0.39, 0.29) is 10.6 Å². The van der Waals surface area contributed by atoms with Crippen LogP contribution in [0.25, 0.3) is 0 Å². The summed E-state index contributed by atoms with van der Waals surface area (Å²) in [7, 11) is -3.70. The van der Waals surface area contributed by atoms with Gasteiger partial charge in [-0.25, -0.2) is 12.8 Å². The van der Waals surface area contributed by atoms with E-state index >= 15 is 0 Å². The van der Waals surface area contributed by atoms with E-state index in [4.69, 9.17) is 0 Å². The molecule has 21 heavy (non-hydrogen) atoms. The predicted octanol–water partition coefficient (Wildman–Crippen LogP) is 4.14. The molecular weight excluding hydrogens is 289 g/mol. The van der Waals surface area contributed by atoms with Crippen molar-refractivity contribution in [2.45, 2.75) is 31.1 Å². The van der Waals surface area contributed by atoms with Crippen LogP contribution in [-0.2, 0) is 10.0 Å². The van der Waals surface area contributed by atoms with Gasteiger partial charge in [-0.05, 0) is 48.2 Å². The van der Waals surface area contributed by atoms with E-state index in [0.717, 1.165) is 18.1 Å². The second-order valence-electron chi connectivity index (χ2n) is 4.99. The van der Waals surface area contributed by atoms with E-state index in [0.29, 0.717) is 5.92 Å². The Labute approximate surface area is 124 Å². The van der Waals surface area contributed by atoms with Crippen molar-refractivity contribution < 1.29 is 12.8 Å². The summed E-state index contributed by atoms with van der Waals surface area (Å²) in [5.74, 6) is -0.0970. The molecule has 2 rings (SSSR count). The summed E-state index contributed by atoms with van der Waals surface area (Å²) in [6.45, 7) is 4.18. The van der Waals surface area contributed by atoms with Gasteiger partial charge in [0.05, 0.1) is 10.6 Å². The van der Waals surface area contributed by atoms with Crippen molar-refractivity contribution in [3.63, 3.8) is 0 Å². The minimum absolute atomic E-state index is 0.166. The van der Waals surface area contributed by atoms with Gasteiger partial charge in [0.2, 0.25) is 0 Å². The largest absolute Gasteiger partial charge is 0.280 e. The van der Waals surface area contributed by atoms with Gasteiger partial charge in [0.25, 0.3) is 10.0 Å². The lowest BCUT2D eigenvalue weighted by molar-refractivity contribution is 0.601. The van der Waals surface area contributed by atoms with Crippen molar-refractivity contribution in [3.05, 3.63) is 59.9 Å². The molecule has 5 heteroatoms. The Morgan fingerprint density at radius 3 is 2.38 bits per heavy atom. The van der Waals surface area contributed by atoms with Gasteiger partial charge in [-0.2, -0.15) is 0 Å². The highest BCUT2D eigenvalue weighted by Gasteiger charge is 2.15. The smallest absolute Gasteiger partial charge is 0.261 e. The first-order valence-electron chi connectivity index (χ1n) is 6.80. The summed E-state index contributed by atoms with van der Waals surface area (Å²) in [5.41, 5.74) is 1.31. The summed E-state index contributed by atoms with van der Waals surface area (Å²) in [4.78, 5) is 0.166. The summed E-state index contributed by atoms with van der Waals surface area (Å²) < 4.78 is 39.9. The number of rotatable bonds is 5. The molecular formula is C16H18FNO2S. The van der Waals surface area contributed by atoms with Crippen LogP contribution >= 0.6 is 0 Å². The third kappa shape index (κ3) is 3.82. The van der Waals surface area contributed by atoms with Crippen LogP contribution in [0.3, 0.4) is 0 Å². The highest BCUT2D eigenvalue weighted by Crippen LogP contribution is 2.22. The van der Waals surface area contributed by atoms with Crippen LogP contribution in [0.2, 0.25) is 0 Å². The van der Waals surface area contributed by atoms with Crippen LogP contribution in [-0.4, -0.2) is 8.42 Å². The molecule has 112 valence electrons. The highest BCUT2D eigenvalue weighted by atomic mass is 32.2. The first kappa shape index (κ1) is 15.5. The van der Waals surface area contributed by atoms with E-state index in [1.807, 2.05) is 12.1 Å². The molecule has 2 aromatic carbocycles. The van der Waals surface area contributed by atoms with Gasteiger partial charge in [-0.3, -0.25) is 4.72 Å². The zero-order valence-electron chi connectivity index (χ0n) is 12.0. The highest BCUT2D eigenvalue weighted by molar-refractivity contribution is 7.92. The first-order valence-corrected chi connectivity index (χ1v) is 8.29. The molecule has 0 bridgehead atoms. The minimum Gasteiger partial charge on any atom is -0.280 e. The Morgan fingerprint density at radius 2 is 1.81 bits per heavy atom. The fourth-order valence-electron chi connectivity index (χ4n) is 1.98. The van der Waals surface area contributed by atoms with E-state index in [1.54, 1.807) is 12.1 Å². The van der Waals surface area contributed by atoms with Crippen molar-refractivity contribution >= 4 is 15.7 Å². The quantitative estimate of drug-likeness (QED) is 0.902. The summed E-state index contributed by atoms with van der Waals surface area (Å²) in [6, 6.07) is 12.1. The number of halogens is 1. The topological polar surface area (TPSA) is 46.2 Å². The molecule has 0 unspecified atom stereocenters. The maximum absolute atomic E-state index is 13.1. The lowest BCUT2D eigenvalue weighted by Gasteiger charge is -2.11. The molecule has 1 N–H and O–H groups in total. The van der Waals surface area contributed by atoms with Gasteiger partial charge in [0.15, 0.2) is 0 Å². The first-order chi connectivity index (χ1) is 9.92. The Bertz CT molecular complexity index is 711. The molecule has 0 aliphatic rings. The van der Waals surface area contributed by atoms with E-state index in [1.165, 1.54) is 18.2 Å². The van der Waals surface area contributed by atoms with E-state index in [2.05, 4.69) is 18.6 Å². The number of hydrogen-bond acceptors (Lipinski definition) is 2. The number of benzene rings is 2. The zero-order chi connectivity index (χ0) is 15.5. The van der Waals surface area contributed by atoms with Crippen LogP contribution in [0.1, 0.15) is 31.7 Å². The number of hydrogen-bond donors (Lipinski definition) is 1. The molecule has 0 aliphatic carbocycles. The molecule has 0 heterocycles. The lowest BCUT2D eigenvalue weighted by atomic mass is 9.99. The molecule has 0 saturated heterocycles. The molecule has 0 fully saturated rings. The molecule has 2 aromatic rings. The average Bonchev–Trinajstić information content (AvgIpc) is 2.46. The van der Waals surface area contributed by atoms with Crippen LogP contribution in [0.15, 0.2) is 53.4 Å². The standard InChI is InChI=1S/C16H18FNO2S/c1-3-12(2)13-7-9-16(10-8-13)21(19,20)18-15-6-4-5-14(17)11-15/h4-12,18H,3H2,1-2H3/t12-/m1/s1. The van der Waals surface area contributed by atoms with Crippen molar-refractivity contribution in [1.29, 1.82) is 0 Å². The molecule has 0 aliphatic heterocycles. The van der Waals surface area contributed by atoms with Crippen molar-refractivity contribution in [1.82, 2.24) is 0 Å². The fourth-order valence-corrected chi connectivity index (χ4v) is 3.03. The Morgan fingerprint density at radius 1 is 1.14 bits per heavy atom. The second-order valence-corrected chi connectivity index (χ2v) is 6.68. The monoisotopic (exact) mass is 307 g/mol. The average molecular weight is 307 g/mol. The third-order valence-corrected chi connectivity index (χ3v) is 4.85. The van der Waals surface area contributed by atoms with Crippen LogP contribution in [0.4, 0.5) is 10.1 Å². The molecule has 3 nitrogen and oxygen atoms in total. The molecule has 1 atom stereocenters. The van der Waals surface area contributed by atoms with Gasteiger partial charge in [0.1, 0.15) is 5.82 Å². The van der Waals surface area contributed by atoms with Gasteiger partial charge >= 0.3 is 0 Å². The molecule has 0 saturated carbocycles. The predicted molar refractivity (Wildman–Crippen MR) is 82.4 cm³/mol. The van der Waals surface area contributed by atoms with Gasteiger partial charge in [0, 0.05) is 0 Å². The SMILES string of the molecule is CC[C@@H](C)c1ccc(S(=O)(=O)Nc2cccc(F)c2)cc1. The van der Waals surface area contributed by atoms with Crippen LogP contribution < -0.4 is 4.72 Å². The number of nitrogens with one attached hydrogen (secondary N) is 1. The molecule has 0 aromatic heterocycles. The maximum Gasteiger partial charge on any atom is 0.261 e. The lowest BCUT2D eigenvalue weighted by Crippen LogP contribution is -2.13. The van der Waals surface area contributed by atoms with Crippen LogP contribution in [0.5, 0.6) is 0 Å². The Hall–Kier alpha value is -1.88. The van der Waals surface area contributed by atoms with Crippen LogP contribution in [0, 0.1) is 5.82 Å². The summed E-state index contributed by atoms with van der Waals surface area (Å²) in [6.07, 6.45) is 0.994. The van der Waals surface area contributed by atoms with Gasteiger partial charge in [-0.1, -0.05) is 32.0 Å². The minimum atomic E-state index is -3.70. The fraction of sp³-hybridized carbons (Fsp3) is 0.250. The number of sulfonamides is 1. The van der Waals surface area contributed by atoms with Crippen molar-refractivity contribution in [2.75, 3.05) is 4.72 Å². The number of anilines is 1. The van der Waals surface area contributed by atoms with Gasteiger partial charge in [-0.15, -0.1) is 0 Å². The van der Waals surface area contributed by atoms with E-state index < -0.39 is 15.8 Å². The van der Waals surface area contributed by atoms with E-state index in [9.17, 15) is 12.8 Å². The maximum atomic E-state index is 13.1. The second kappa shape index (κ2) is 6.26. The van der Waals surface area contributed by atoms with Crippen molar-refractivity contribution in [3.8, 4) is 0 Å². The van der Waals surface area contributed by atoms with Gasteiger partial charge < -0.3 is 0 Å². The Balaban J connectivity index is 2.23. The summed E-state index contributed by atoms with van der Waals surface area (Å²) in [5, 5.41) is 0. The molecule has 0 amide bonds. The van der Waals surface area contributed by atoms with Crippen molar-refractivity contribution in [2.24, 2.45) is 0 Å². The molecule has 0 radical (unpaired) electrons. The molecule has 0 spiro atoms. The summed E-state index contributed by atoms with van der Waals surface area (Å²) >= 11 is 0. The normalized spacial score (nSPS) is 12.9. The Kier molecular flexibility index (Phi) is 4.63. The third-order valence-electron chi connectivity index (χ3n) is 3.45.